The Hall–Kier alpha value is -0.670. The number of halogens is 1. The number of hydrogen-bond donors (Lipinski definition) is 1. The molecular formula is C17H26ClNOS. The average Bonchev–Trinajstić information content (AvgIpc) is 2.49. The largest absolute Gasteiger partial charge is 0.355 e. The van der Waals surface area contributed by atoms with Crippen LogP contribution in [0, 0.1) is 5.92 Å². The summed E-state index contributed by atoms with van der Waals surface area (Å²) in [6.07, 6.45) is 4.78. The van der Waals surface area contributed by atoms with Gasteiger partial charge in [0.25, 0.3) is 0 Å². The minimum atomic E-state index is -0.0881. The van der Waals surface area contributed by atoms with E-state index in [4.69, 9.17) is 11.6 Å². The van der Waals surface area contributed by atoms with E-state index in [0.29, 0.717) is 5.92 Å². The molecule has 0 spiro atoms. The van der Waals surface area contributed by atoms with Crippen molar-refractivity contribution in [2.45, 2.75) is 56.6 Å². The number of hydrogen-bond acceptors (Lipinski definition) is 2. The highest BCUT2D eigenvalue weighted by molar-refractivity contribution is 8.00. The Bertz CT molecular complexity index is 421. The number of nitrogens with one attached hydrogen (secondary N) is 1. The van der Waals surface area contributed by atoms with Crippen LogP contribution in [0.2, 0.25) is 5.02 Å². The standard InChI is InChI=1S/C17H26ClNOS/c1-4-6-7-14(5-2)12-19-17(20)13(3)21-16-10-8-15(18)9-11-16/h8-11,13-14H,4-7,12H2,1-3H3,(H,19,20)/t13-,14+/m1/s1. The molecule has 1 rings (SSSR count). The molecule has 2 nitrogen and oxygen atoms in total. The van der Waals surface area contributed by atoms with Gasteiger partial charge < -0.3 is 5.32 Å². The molecule has 1 aromatic rings. The second-order valence-electron chi connectivity index (χ2n) is 5.38. The minimum Gasteiger partial charge on any atom is -0.355 e. The van der Waals surface area contributed by atoms with Gasteiger partial charge in [0.15, 0.2) is 0 Å². The SMILES string of the molecule is CCCC[C@H](CC)CNC(=O)[C@@H](C)Sc1ccc(Cl)cc1. The summed E-state index contributed by atoms with van der Waals surface area (Å²) in [5, 5.41) is 3.72. The van der Waals surface area contributed by atoms with Crippen molar-refractivity contribution >= 4 is 29.3 Å². The van der Waals surface area contributed by atoms with Crippen molar-refractivity contribution in [1.82, 2.24) is 5.32 Å². The highest BCUT2D eigenvalue weighted by Gasteiger charge is 2.15. The van der Waals surface area contributed by atoms with E-state index in [1.807, 2.05) is 31.2 Å². The van der Waals surface area contributed by atoms with Gasteiger partial charge in [-0.3, -0.25) is 4.79 Å². The molecule has 0 unspecified atom stereocenters. The van der Waals surface area contributed by atoms with Gasteiger partial charge >= 0.3 is 0 Å². The Labute approximate surface area is 138 Å². The third-order valence-corrected chi connectivity index (χ3v) is 4.97. The van der Waals surface area contributed by atoms with Crippen LogP contribution in [-0.2, 0) is 4.79 Å². The van der Waals surface area contributed by atoms with E-state index in [2.05, 4.69) is 19.2 Å². The van der Waals surface area contributed by atoms with Crippen LogP contribution in [0.25, 0.3) is 0 Å². The molecule has 2 atom stereocenters. The second-order valence-corrected chi connectivity index (χ2v) is 7.23. The molecule has 0 aliphatic heterocycles. The summed E-state index contributed by atoms with van der Waals surface area (Å²) in [6, 6.07) is 7.61. The summed E-state index contributed by atoms with van der Waals surface area (Å²) in [5.74, 6) is 0.714. The van der Waals surface area contributed by atoms with Crippen LogP contribution in [0.5, 0.6) is 0 Å². The maximum atomic E-state index is 12.2. The first-order chi connectivity index (χ1) is 10.1. The zero-order valence-electron chi connectivity index (χ0n) is 13.2. The lowest BCUT2D eigenvalue weighted by atomic mass is 9.99. The molecular weight excluding hydrogens is 302 g/mol. The first-order valence-electron chi connectivity index (χ1n) is 7.76. The van der Waals surface area contributed by atoms with Crippen LogP contribution in [0.1, 0.15) is 46.5 Å². The normalized spacial score (nSPS) is 13.7. The molecule has 0 heterocycles. The number of unbranched alkanes of at least 4 members (excludes halogenated alkanes) is 1. The van der Waals surface area contributed by atoms with Crippen molar-refractivity contribution in [3.8, 4) is 0 Å². The lowest BCUT2D eigenvalue weighted by molar-refractivity contribution is -0.120. The van der Waals surface area contributed by atoms with Crippen LogP contribution < -0.4 is 5.32 Å². The molecule has 0 saturated carbocycles. The molecule has 0 aliphatic rings. The Kier molecular flexibility index (Phi) is 8.86. The van der Waals surface area contributed by atoms with Gasteiger partial charge in [0, 0.05) is 16.5 Å². The third-order valence-electron chi connectivity index (χ3n) is 3.60. The molecule has 1 amide bonds. The monoisotopic (exact) mass is 327 g/mol. The smallest absolute Gasteiger partial charge is 0.233 e. The Balaban J connectivity index is 2.38. The Morgan fingerprint density at radius 1 is 1.29 bits per heavy atom. The maximum Gasteiger partial charge on any atom is 0.233 e. The Morgan fingerprint density at radius 3 is 2.52 bits per heavy atom. The van der Waals surface area contributed by atoms with Crippen molar-refractivity contribution in [2.24, 2.45) is 5.92 Å². The lowest BCUT2D eigenvalue weighted by Gasteiger charge is -2.17. The maximum absolute atomic E-state index is 12.2. The number of amides is 1. The van der Waals surface area contributed by atoms with Gasteiger partial charge in [-0.15, -0.1) is 11.8 Å². The van der Waals surface area contributed by atoms with Crippen LogP contribution in [0.4, 0.5) is 0 Å². The summed E-state index contributed by atoms with van der Waals surface area (Å²) in [6.45, 7) is 7.14. The van der Waals surface area contributed by atoms with Crippen molar-refractivity contribution in [3.05, 3.63) is 29.3 Å². The second kappa shape index (κ2) is 10.1. The minimum absolute atomic E-state index is 0.0881. The van der Waals surface area contributed by atoms with Crippen molar-refractivity contribution < 1.29 is 4.79 Å². The van der Waals surface area contributed by atoms with Gasteiger partial charge in [-0.05, 0) is 43.5 Å². The van der Waals surface area contributed by atoms with Crippen molar-refractivity contribution in [3.63, 3.8) is 0 Å². The van der Waals surface area contributed by atoms with Crippen LogP contribution in [0.3, 0.4) is 0 Å². The molecule has 1 aromatic carbocycles. The molecule has 0 bridgehead atoms. The van der Waals surface area contributed by atoms with Crippen molar-refractivity contribution in [1.29, 1.82) is 0 Å². The first kappa shape index (κ1) is 18.4. The summed E-state index contributed by atoms with van der Waals surface area (Å²) in [7, 11) is 0. The van der Waals surface area contributed by atoms with E-state index in [1.54, 1.807) is 11.8 Å². The zero-order valence-corrected chi connectivity index (χ0v) is 14.8. The summed E-state index contributed by atoms with van der Waals surface area (Å²) in [5.41, 5.74) is 0. The van der Waals surface area contributed by atoms with Gasteiger partial charge in [0.2, 0.25) is 5.91 Å². The van der Waals surface area contributed by atoms with Gasteiger partial charge in [-0.25, -0.2) is 0 Å². The fraction of sp³-hybridized carbons (Fsp3) is 0.588. The summed E-state index contributed by atoms with van der Waals surface area (Å²) >= 11 is 7.43. The quantitative estimate of drug-likeness (QED) is 0.635. The summed E-state index contributed by atoms with van der Waals surface area (Å²) < 4.78 is 0. The first-order valence-corrected chi connectivity index (χ1v) is 9.02. The number of rotatable bonds is 9. The van der Waals surface area contributed by atoms with E-state index in [1.165, 1.54) is 19.3 Å². The van der Waals surface area contributed by atoms with E-state index in [9.17, 15) is 4.79 Å². The molecule has 21 heavy (non-hydrogen) atoms. The highest BCUT2D eigenvalue weighted by Crippen LogP contribution is 2.24. The number of carbonyl (C=O) groups excluding carboxylic acids is 1. The molecule has 0 aromatic heterocycles. The van der Waals surface area contributed by atoms with Gasteiger partial charge in [-0.1, -0.05) is 44.7 Å². The average molecular weight is 328 g/mol. The third kappa shape index (κ3) is 7.23. The van der Waals surface area contributed by atoms with E-state index in [-0.39, 0.29) is 11.2 Å². The van der Waals surface area contributed by atoms with E-state index in [0.717, 1.165) is 22.9 Å². The number of thioether (sulfide) groups is 1. The molecule has 0 saturated heterocycles. The van der Waals surface area contributed by atoms with Gasteiger partial charge in [0.1, 0.15) is 0 Å². The van der Waals surface area contributed by atoms with Gasteiger partial charge in [-0.2, -0.15) is 0 Å². The van der Waals surface area contributed by atoms with Gasteiger partial charge in [0.05, 0.1) is 5.25 Å². The summed E-state index contributed by atoms with van der Waals surface area (Å²) in [4.78, 5) is 13.2. The van der Waals surface area contributed by atoms with Crippen LogP contribution >= 0.6 is 23.4 Å². The number of carbonyl (C=O) groups is 1. The predicted molar refractivity (Wildman–Crippen MR) is 93.1 cm³/mol. The predicted octanol–water partition coefficient (Wildman–Crippen LogP) is 5.15. The fourth-order valence-corrected chi connectivity index (χ4v) is 3.12. The molecule has 0 radical (unpaired) electrons. The topological polar surface area (TPSA) is 29.1 Å². The molecule has 1 N–H and O–H groups in total. The van der Waals surface area contributed by atoms with E-state index >= 15 is 0 Å². The molecule has 4 heteroatoms. The lowest BCUT2D eigenvalue weighted by Crippen LogP contribution is -2.34. The molecule has 0 fully saturated rings. The van der Waals surface area contributed by atoms with Crippen LogP contribution in [-0.4, -0.2) is 17.7 Å². The van der Waals surface area contributed by atoms with Crippen LogP contribution in [0.15, 0.2) is 29.2 Å². The molecule has 118 valence electrons. The zero-order chi connectivity index (χ0) is 15.7. The highest BCUT2D eigenvalue weighted by atomic mass is 35.5. The molecule has 0 aliphatic carbocycles. The van der Waals surface area contributed by atoms with Crippen molar-refractivity contribution in [2.75, 3.05) is 6.54 Å². The Morgan fingerprint density at radius 2 is 1.95 bits per heavy atom. The fourth-order valence-electron chi connectivity index (χ4n) is 2.10. The van der Waals surface area contributed by atoms with E-state index < -0.39 is 0 Å². The number of benzene rings is 1.